The van der Waals surface area contributed by atoms with E-state index in [2.05, 4.69) is 45.1 Å². The smallest absolute Gasteiger partial charge is 0.0905 e. The lowest BCUT2D eigenvalue weighted by molar-refractivity contribution is 0.203. The lowest BCUT2D eigenvalue weighted by atomic mass is 10.1. The van der Waals surface area contributed by atoms with Crippen molar-refractivity contribution in [3.05, 3.63) is 29.8 Å². The van der Waals surface area contributed by atoms with Crippen LogP contribution in [0.15, 0.2) is 24.3 Å². The molecule has 2 aliphatic heterocycles. The molecule has 0 spiro atoms. The lowest BCUT2D eigenvalue weighted by Gasteiger charge is -2.34. The summed E-state index contributed by atoms with van der Waals surface area (Å²) >= 11 is 0. The van der Waals surface area contributed by atoms with Gasteiger partial charge in [0.1, 0.15) is 0 Å². The molecule has 1 atom stereocenters. The third-order valence-corrected chi connectivity index (χ3v) is 3.09. The van der Waals surface area contributed by atoms with E-state index in [1.165, 1.54) is 11.3 Å². The average molecular weight is 204 g/mol. The first kappa shape index (κ1) is 9.15. The predicted octanol–water partition coefficient (Wildman–Crippen LogP) is 0.520. The van der Waals surface area contributed by atoms with E-state index >= 15 is 0 Å². The molecular weight excluding hydrogens is 188 g/mol. The minimum atomic E-state index is 0.359. The summed E-state index contributed by atoms with van der Waals surface area (Å²) in [5, 5.41) is 10.2. The van der Waals surface area contributed by atoms with Crippen molar-refractivity contribution in [2.24, 2.45) is 0 Å². The van der Waals surface area contributed by atoms with E-state index in [0.29, 0.717) is 6.17 Å². The number of fused-ring (bicyclic) bond motifs is 1. The average Bonchev–Trinajstić information content (AvgIpc) is 2.82. The van der Waals surface area contributed by atoms with E-state index in [4.69, 9.17) is 0 Å². The monoisotopic (exact) mass is 204 g/mol. The third kappa shape index (κ3) is 1.61. The molecule has 1 aromatic carbocycles. The van der Waals surface area contributed by atoms with Crippen molar-refractivity contribution in [3.8, 4) is 0 Å². The second-order valence-electron chi connectivity index (χ2n) is 4.02. The zero-order chi connectivity index (χ0) is 10.1. The summed E-state index contributed by atoms with van der Waals surface area (Å²) in [7, 11) is 0. The molecule has 2 heterocycles. The lowest BCUT2D eigenvalue weighted by Crippen LogP contribution is -2.43. The van der Waals surface area contributed by atoms with Gasteiger partial charge in [0.25, 0.3) is 0 Å². The van der Waals surface area contributed by atoms with E-state index in [-0.39, 0.29) is 0 Å². The molecule has 0 radical (unpaired) electrons. The van der Waals surface area contributed by atoms with Crippen molar-refractivity contribution in [1.29, 1.82) is 0 Å². The highest BCUT2D eigenvalue weighted by molar-refractivity contribution is 5.54. The summed E-state index contributed by atoms with van der Waals surface area (Å²) < 4.78 is 0. The van der Waals surface area contributed by atoms with E-state index < -0.39 is 0 Å². The van der Waals surface area contributed by atoms with Crippen LogP contribution in [-0.4, -0.2) is 31.3 Å². The van der Waals surface area contributed by atoms with Crippen LogP contribution in [0.4, 0.5) is 5.69 Å². The molecular formula is C11H16N4. The van der Waals surface area contributed by atoms with Gasteiger partial charge in [-0.1, -0.05) is 18.2 Å². The van der Waals surface area contributed by atoms with Crippen LogP contribution in [0.5, 0.6) is 0 Å². The van der Waals surface area contributed by atoms with Crippen LogP contribution >= 0.6 is 0 Å². The van der Waals surface area contributed by atoms with Gasteiger partial charge in [-0.2, -0.15) is 0 Å². The number of hydrogen-bond acceptors (Lipinski definition) is 4. The van der Waals surface area contributed by atoms with Crippen molar-refractivity contribution in [3.63, 3.8) is 0 Å². The van der Waals surface area contributed by atoms with Gasteiger partial charge in [-0.25, -0.2) is 0 Å². The molecule has 3 N–H and O–H groups in total. The number of benzene rings is 1. The number of nitrogens with zero attached hydrogens (tertiary/aromatic N) is 1. The molecule has 4 nitrogen and oxygen atoms in total. The Bertz CT molecular complexity index is 346. The van der Waals surface area contributed by atoms with Gasteiger partial charge in [0, 0.05) is 31.0 Å². The maximum atomic E-state index is 3.49. The number of nitrogens with one attached hydrogen (secondary N) is 3. The fourth-order valence-electron chi connectivity index (χ4n) is 2.32. The van der Waals surface area contributed by atoms with Gasteiger partial charge in [-0.3, -0.25) is 10.2 Å². The minimum Gasteiger partial charge on any atom is -0.372 e. The normalized spacial score (nSPS) is 26.0. The number of hydrogen-bond donors (Lipinski definition) is 3. The molecule has 2 aliphatic rings. The van der Waals surface area contributed by atoms with Crippen LogP contribution in [0, 0.1) is 0 Å². The molecule has 1 fully saturated rings. The standard InChI is InChI=1S/C11H16N4/c1-2-4-10-9(3-1)11(14-7-13-10)15-6-5-12-8-15/h1-4,11-14H,5-8H2. The van der Waals surface area contributed by atoms with Gasteiger partial charge >= 0.3 is 0 Å². The van der Waals surface area contributed by atoms with E-state index in [1.54, 1.807) is 0 Å². The Balaban J connectivity index is 1.91. The molecule has 15 heavy (non-hydrogen) atoms. The first-order valence-electron chi connectivity index (χ1n) is 5.46. The third-order valence-electron chi connectivity index (χ3n) is 3.09. The van der Waals surface area contributed by atoms with Crippen molar-refractivity contribution < 1.29 is 0 Å². The van der Waals surface area contributed by atoms with Gasteiger partial charge in [-0.15, -0.1) is 0 Å². The molecule has 0 aliphatic carbocycles. The molecule has 4 heteroatoms. The zero-order valence-corrected chi connectivity index (χ0v) is 8.66. The second kappa shape index (κ2) is 3.81. The molecule has 0 amide bonds. The predicted molar refractivity (Wildman–Crippen MR) is 60.4 cm³/mol. The van der Waals surface area contributed by atoms with Gasteiger partial charge in [-0.05, 0) is 6.07 Å². The molecule has 1 unspecified atom stereocenters. The highest BCUT2D eigenvalue weighted by Gasteiger charge is 2.26. The van der Waals surface area contributed by atoms with E-state index in [9.17, 15) is 0 Å². The Labute approximate surface area is 89.7 Å². The molecule has 0 aromatic heterocycles. The molecule has 1 saturated heterocycles. The molecule has 80 valence electrons. The van der Waals surface area contributed by atoms with Gasteiger partial charge in [0.2, 0.25) is 0 Å². The van der Waals surface area contributed by atoms with Crippen LogP contribution < -0.4 is 16.0 Å². The largest absolute Gasteiger partial charge is 0.372 e. The highest BCUT2D eigenvalue weighted by atomic mass is 15.4. The van der Waals surface area contributed by atoms with Crippen molar-refractivity contribution >= 4 is 5.69 Å². The molecule has 0 saturated carbocycles. The quantitative estimate of drug-likeness (QED) is 0.623. The van der Waals surface area contributed by atoms with Crippen molar-refractivity contribution in [2.45, 2.75) is 6.17 Å². The van der Waals surface area contributed by atoms with Crippen LogP contribution in [0.3, 0.4) is 0 Å². The van der Waals surface area contributed by atoms with E-state index in [0.717, 1.165) is 26.4 Å². The number of para-hydroxylation sites is 1. The Morgan fingerprint density at radius 3 is 3.07 bits per heavy atom. The van der Waals surface area contributed by atoms with Gasteiger partial charge in [0.15, 0.2) is 0 Å². The van der Waals surface area contributed by atoms with Crippen LogP contribution in [-0.2, 0) is 0 Å². The summed E-state index contributed by atoms with van der Waals surface area (Å²) in [4.78, 5) is 2.43. The number of anilines is 1. The fraction of sp³-hybridized carbons (Fsp3) is 0.455. The summed E-state index contributed by atoms with van der Waals surface area (Å²) in [6.07, 6.45) is 0.359. The van der Waals surface area contributed by atoms with Crippen molar-refractivity contribution in [1.82, 2.24) is 15.5 Å². The maximum Gasteiger partial charge on any atom is 0.0905 e. The van der Waals surface area contributed by atoms with Crippen LogP contribution in [0.2, 0.25) is 0 Å². The minimum absolute atomic E-state index is 0.359. The summed E-state index contributed by atoms with van der Waals surface area (Å²) in [6.45, 7) is 4.03. The highest BCUT2D eigenvalue weighted by Crippen LogP contribution is 2.28. The molecule has 3 rings (SSSR count). The zero-order valence-electron chi connectivity index (χ0n) is 8.66. The fourth-order valence-corrected chi connectivity index (χ4v) is 2.32. The number of rotatable bonds is 1. The SMILES string of the molecule is c1ccc2c(c1)NCNC2N1CCNC1. The Morgan fingerprint density at radius 1 is 1.27 bits per heavy atom. The maximum absolute atomic E-state index is 3.49. The first-order chi connectivity index (χ1) is 7.45. The van der Waals surface area contributed by atoms with Gasteiger partial charge < -0.3 is 10.6 Å². The summed E-state index contributed by atoms with van der Waals surface area (Å²) in [6, 6.07) is 8.52. The molecule has 0 bridgehead atoms. The Hall–Kier alpha value is -1.10. The summed E-state index contributed by atoms with van der Waals surface area (Å²) in [5.74, 6) is 0. The molecule has 1 aromatic rings. The first-order valence-corrected chi connectivity index (χ1v) is 5.46. The van der Waals surface area contributed by atoms with Crippen molar-refractivity contribution in [2.75, 3.05) is 31.7 Å². The topological polar surface area (TPSA) is 39.3 Å². The Kier molecular flexibility index (Phi) is 2.32. The summed E-state index contributed by atoms with van der Waals surface area (Å²) in [5.41, 5.74) is 2.61. The van der Waals surface area contributed by atoms with Gasteiger partial charge in [0.05, 0.1) is 12.8 Å². The van der Waals surface area contributed by atoms with E-state index in [1.807, 2.05) is 0 Å². The second-order valence-corrected chi connectivity index (χ2v) is 4.02. The van der Waals surface area contributed by atoms with Crippen LogP contribution in [0.1, 0.15) is 11.7 Å². The Morgan fingerprint density at radius 2 is 2.20 bits per heavy atom. The van der Waals surface area contributed by atoms with Crippen LogP contribution in [0.25, 0.3) is 0 Å².